The fourth-order valence-electron chi connectivity index (χ4n) is 1.28. The molecule has 0 unspecified atom stereocenters. The van der Waals surface area contributed by atoms with Crippen LogP contribution in [0.2, 0.25) is 0 Å². The van der Waals surface area contributed by atoms with Crippen LogP contribution in [-0.2, 0) is 12.1 Å². The molecular weight excluding hydrogens is 197 g/mol. The minimum absolute atomic E-state index is 0.0494. The molecule has 4 nitrogen and oxygen atoms in total. The Hall–Kier alpha value is -1.58. The van der Waals surface area contributed by atoms with Crippen LogP contribution in [0.3, 0.4) is 0 Å². The van der Waals surface area contributed by atoms with Gasteiger partial charge in [0.15, 0.2) is 0 Å². The predicted octanol–water partition coefficient (Wildman–Crippen LogP) is 2.86. The topological polar surface area (TPSA) is 69.0 Å². The SMILES string of the molecule is CC(C)(O)c1cccc(CN=[N+]=[N-])c1F. The second-order valence-corrected chi connectivity index (χ2v) is 3.73. The maximum absolute atomic E-state index is 13.7. The van der Waals surface area contributed by atoms with E-state index in [4.69, 9.17) is 5.53 Å². The van der Waals surface area contributed by atoms with Crippen LogP contribution in [0.4, 0.5) is 4.39 Å². The van der Waals surface area contributed by atoms with Crippen molar-refractivity contribution >= 4 is 0 Å². The lowest BCUT2D eigenvalue weighted by atomic mass is 9.96. The molecule has 0 aromatic heterocycles. The van der Waals surface area contributed by atoms with Crippen molar-refractivity contribution < 1.29 is 9.50 Å². The molecule has 0 saturated heterocycles. The highest BCUT2D eigenvalue weighted by Gasteiger charge is 2.21. The van der Waals surface area contributed by atoms with Crippen LogP contribution in [0.15, 0.2) is 23.3 Å². The molecule has 0 amide bonds. The van der Waals surface area contributed by atoms with E-state index in [9.17, 15) is 9.50 Å². The van der Waals surface area contributed by atoms with Gasteiger partial charge in [-0.25, -0.2) is 4.39 Å². The zero-order valence-corrected chi connectivity index (χ0v) is 8.61. The van der Waals surface area contributed by atoms with Gasteiger partial charge in [0.25, 0.3) is 0 Å². The molecule has 1 aromatic rings. The lowest BCUT2D eigenvalue weighted by Gasteiger charge is -2.19. The summed E-state index contributed by atoms with van der Waals surface area (Å²) in [6, 6.07) is 4.66. The lowest BCUT2D eigenvalue weighted by Crippen LogP contribution is -2.18. The third-order valence-corrected chi connectivity index (χ3v) is 2.04. The number of halogens is 1. The van der Waals surface area contributed by atoms with E-state index in [1.807, 2.05) is 0 Å². The Morgan fingerprint density at radius 3 is 2.73 bits per heavy atom. The Morgan fingerprint density at radius 1 is 1.53 bits per heavy atom. The summed E-state index contributed by atoms with van der Waals surface area (Å²) in [5, 5.41) is 13.0. The molecule has 0 saturated carbocycles. The van der Waals surface area contributed by atoms with E-state index in [1.165, 1.54) is 26.0 Å². The fraction of sp³-hybridized carbons (Fsp3) is 0.400. The summed E-state index contributed by atoms with van der Waals surface area (Å²) in [5.41, 5.74) is 7.38. The minimum atomic E-state index is -1.24. The summed E-state index contributed by atoms with van der Waals surface area (Å²) in [6.07, 6.45) is 0. The third-order valence-electron chi connectivity index (χ3n) is 2.04. The van der Waals surface area contributed by atoms with E-state index >= 15 is 0 Å². The molecule has 1 rings (SSSR count). The summed E-state index contributed by atoms with van der Waals surface area (Å²) in [6.45, 7) is 2.96. The van der Waals surface area contributed by atoms with Crippen LogP contribution in [0.5, 0.6) is 0 Å². The van der Waals surface area contributed by atoms with Crippen molar-refractivity contribution in [3.05, 3.63) is 45.6 Å². The van der Waals surface area contributed by atoms with Gasteiger partial charge in [-0.3, -0.25) is 0 Å². The maximum Gasteiger partial charge on any atom is 0.132 e. The number of hydrogen-bond acceptors (Lipinski definition) is 2. The molecule has 1 aromatic carbocycles. The molecule has 5 heteroatoms. The third kappa shape index (κ3) is 2.68. The van der Waals surface area contributed by atoms with Gasteiger partial charge in [0.2, 0.25) is 0 Å². The molecule has 0 bridgehead atoms. The number of aliphatic hydroxyl groups is 1. The van der Waals surface area contributed by atoms with Crippen molar-refractivity contribution in [2.24, 2.45) is 5.11 Å². The molecule has 0 heterocycles. The fourth-order valence-corrected chi connectivity index (χ4v) is 1.28. The zero-order chi connectivity index (χ0) is 11.5. The Balaban J connectivity index is 3.17. The zero-order valence-electron chi connectivity index (χ0n) is 8.61. The van der Waals surface area contributed by atoms with Crippen LogP contribution in [0.1, 0.15) is 25.0 Å². The summed E-state index contributed by atoms with van der Waals surface area (Å²) in [4.78, 5) is 2.56. The highest BCUT2D eigenvalue weighted by Crippen LogP contribution is 2.25. The lowest BCUT2D eigenvalue weighted by molar-refractivity contribution is 0.0743. The van der Waals surface area contributed by atoms with Crippen molar-refractivity contribution in [3.8, 4) is 0 Å². The summed E-state index contributed by atoms with van der Waals surface area (Å²) < 4.78 is 13.7. The molecule has 0 fully saturated rings. The van der Waals surface area contributed by atoms with Crippen LogP contribution in [-0.4, -0.2) is 5.11 Å². The van der Waals surface area contributed by atoms with Gasteiger partial charge in [-0.15, -0.1) is 0 Å². The van der Waals surface area contributed by atoms with Crippen molar-refractivity contribution in [1.29, 1.82) is 0 Å². The molecule has 0 radical (unpaired) electrons. The molecule has 0 aliphatic rings. The van der Waals surface area contributed by atoms with Crippen LogP contribution < -0.4 is 0 Å². The van der Waals surface area contributed by atoms with Gasteiger partial charge in [0.05, 0.1) is 12.1 Å². The summed E-state index contributed by atoms with van der Waals surface area (Å²) >= 11 is 0. The predicted molar refractivity (Wildman–Crippen MR) is 54.5 cm³/mol. The van der Waals surface area contributed by atoms with Gasteiger partial charge in [-0.05, 0) is 24.9 Å². The summed E-state index contributed by atoms with van der Waals surface area (Å²) in [5.74, 6) is -0.516. The molecule has 0 atom stereocenters. The molecular formula is C10H12FN3O. The average molecular weight is 209 g/mol. The average Bonchev–Trinajstić information content (AvgIpc) is 2.14. The van der Waals surface area contributed by atoms with E-state index in [0.717, 1.165) is 0 Å². The van der Waals surface area contributed by atoms with Gasteiger partial charge in [-0.1, -0.05) is 23.3 Å². The highest BCUT2D eigenvalue weighted by molar-refractivity contribution is 5.29. The normalized spacial score (nSPS) is 10.9. The number of benzene rings is 1. The Labute approximate surface area is 87.0 Å². The quantitative estimate of drug-likeness (QED) is 0.464. The maximum atomic E-state index is 13.7. The minimum Gasteiger partial charge on any atom is -0.386 e. The number of nitrogens with zero attached hydrogens (tertiary/aromatic N) is 3. The first kappa shape index (κ1) is 11.5. The summed E-state index contributed by atoms with van der Waals surface area (Å²) in [7, 11) is 0. The van der Waals surface area contributed by atoms with Gasteiger partial charge in [-0.2, -0.15) is 0 Å². The van der Waals surface area contributed by atoms with Crippen molar-refractivity contribution in [2.75, 3.05) is 0 Å². The van der Waals surface area contributed by atoms with E-state index in [-0.39, 0.29) is 17.7 Å². The molecule has 1 N–H and O–H groups in total. The Kier molecular flexibility index (Phi) is 3.29. The van der Waals surface area contributed by atoms with Crippen LogP contribution >= 0.6 is 0 Å². The second-order valence-electron chi connectivity index (χ2n) is 3.73. The molecule has 15 heavy (non-hydrogen) atoms. The largest absolute Gasteiger partial charge is 0.386 e. The van der Waals surface area contributed by atoms with Crippen molar-refractivity contribution in [1.82, 2.24) is 0 Å². The van der Waals surface area contributed by atoms with E-state index in [0.29, 0.717) is 0 Å². The van der Waals surface area contributed by atoms with E-state index < -0.39 is 11.4 Å². The van der Waals surface area contributed by atoms with E-state index in [1.54, 1.807) is 6.07 Å². The monoisotopic (exact) mass is 209 g/mol. The van der Waals surface area contributed by atoms with Crippen LogP contribution in [0.25, 0.3) is 10.4 Å². The number of azide groups is 1. The van der Waals surface area contributed by atoms with Crippen LogP contribution in [0, 0.1) is 5.82 Å². The molecule has 0 spiro atoms. The standard InChI is InChI=1S/C10H12FN3O/c1-10(2,15)8-5-3-4-7(9(8)11)6-13-14-12/h3-5,15H,6H2,1-2H3. The highest BCUT2D eigenvalue weighted by atomic mass is 19.1. The second kappa shape index (κ2) is 4.29. The first-order valence-electron chi connectivity index (χ1n) is 4.48. The smallest absolute Gasteiger partial charge is 0.132 e. The number of hydrogen-bond donors (Lipinski definition) is 1. The van der Waals surface area contributed by atoms with Gasteiger partial charge < -0.3 is 5.11 Å². The Bertz CT molecular complexity index is 406. The first-order chi connectivity index (χ1) is 6.96. The van der Waals surface area contributed by atoms with E-state index in [2.05, 4.69) is 10.0 Å². The first-order valence-corrected chi connectivity index (χ1v) is 4.48. The molecule has 0 aliphatic heterocycles. The van der Waals surface area contributed by atoms with Crippen molar-refractivity contribution in [2.45, 2.75) is 26.0 Å². The van der Waals surface area contributed by atoms with Gasteiger partial charge >= 0.3 is 0 Å². The number of rotatable bonds is 3. The van der Waals surface area contributed by atoms with Gasteiger partial charge in [0.1, 0.15) is 5.82 Å². The molecule has 0 aliphatic carbocycles. The molecule has 80 valence electrons. The van der Waals surface area contributed by atoms with Crippen molar-refractivity contribution in [3.63, 3.8) is 0 Å². The van der Waals surface area contributed by atoms with Gasteiger partial charge in [0, 0.05) is 10.5 Å². The Morgan fingerprint density at radius 2 is 2.20 bits per heavy atom.